The van der Waals surface area contributed by atoms with Gasteiger partial charge in [0.05, 0.1) is 11.8 Å². The molecule has 1 saturated heterocycles. The molecule has 108 valence electrons. The van der Waals surface area contributed by atoms with Crippen LogP contribution in [0.3, 0.4) is 0 Å². The third-order valence-electron chi connectivity index (χ3n) is 4.34. The quantitative estimate of drug-likeness (QED) is 0.856. The molecule has 2 heterocycles. The van der Waals surface area contributed by atoms with E-state index < -0.39 is 0 Å². The molecule has 0 saturated carbocycles. The Morgan fingerprint density at radius 2 is 2.00 bits per heavy atom. The number of rotatable bonds is 1. The summed E-state index contributed by atoms with van der Waals surface area (Å²) in [5.41, 5.74) is 2.44. The Morgan fingerprint density at radius 1 is 1.30 bits per heavy atom. The Labute approximate surface area is 120 Å². The highest BCUT2D eigenvalue weighted by Gasteiger charge is 2.45. The van der Waals surface area contributed by atoms with E-state index in [9.17, 15) is 4.79 Å². The van der Waals surface area contributed by atoms with Gasteiger partial charge in [0, 0.05) is 12.0 Å². The second kappa shape index (κ2) is 5.09. The third-order valence-corrected chi connectivity index (χ3v) is 4.34. The molecule has 1 aromatic rings. The minimum atomic E-state index is -0.220. The van der Waals surface area contributed by atoms with E-state index in [4.69, 9.17) is 4.74 Å². The van der Waals surface area contributed by atoms with Crippen LogP contribution in [-0.2, 0) is 10.2 Å². The topological polar surface area (TPSA) is 41.6 Å². The highest BCUT2D eigenvalue weighted by atomic mass is 16.6. The number of hydrogen-bond donors (Lipinski definition) is 1. The summed E-state index contributed by atoms with van der Waals surface area (Å²) >= 11 is 0. The number of nitrogens with zero attached hydrogens (tertiary/aromatic N) is 1. The summed E-state index contributed by atoms with van der Waals surface area (Å²) in [5.74, 6) is 0. The number of carbonyl (C=O) groups excluding carboxylic acids is 1. The molecule has 1 spiro atoms. The number of hydrogen-bond acceptors (Lipinski definition) is 3. The third kappa shape index (κ3) is 2.18. The number of anilines is 1. The van der Waals surface area contributed by atoms with E-state index in [1.165, 1.54) is 5.56 Å². The molecule has 0 radical (unpaired) electrons. The van der Waals surface area contributed by atoms with E-state index in [1.54, 1.807) is 0 Å². The molecule has 0 atom stereocenters. The lowest BCUT2D eigenvalue weighted by atomic mass is 9.75. The monoisotopic (exact) mass is 274 g/mol. The van der Waals surface area contributed by atoms with Gasteiger partial charge in [-0.3, -0.25) is 4.90 Å². The first-order chi connectivity index (χ1) is 9.62. The van der Waals surface area contributed by atoms with Crippen molar-refractivity contribution in [3.63, 3.8) is 0 Å². The Morgan fingerprint density at radius 3 is 2.70 bits per heavy atom. The number of amides is 1. The predicted molar refractivity (Wildman–Crippen MR) is 79.2 cm³/mol. The van der Waals surface area contributed by atoms with Crippen molar-refractivity contribution in [2.24, 2.45) is 0 Å². The van der Waals surface area contributed by atoms with Gasteiger partial charge in [0.25, 0.3) is 0 Å². The molecular weight excluding hydrogens is 252 g/mol. The highest BCUT2D eigenvalue weighted by Crippen LogP contribution is 2.46. The molecule has 0 bridgehead atoms. The van der Waals surface area contributed by atoms with Crippen LogP contribution < -0.4 is 10.2 Å². The fourth-order valence-electron chi connectivity index (χ4n) is 3.39. The van der Waals surface area contributed by atoms with Crippen LogP contribution in [0.4, 0.5) is 10.5 Å². The average Bonchev–Trinajstić information content (AvgIpc) is 2.75. The van der Waals surface area contributed by atoms with Gasteiger partial charge in [-0.1, -0.05) is 18.2 Å². The average molecular weight is 274 g/mol. The maximum atomic E-state index is 12.3. The van der Waals surface area contributed by atoms with Crippen LogP contribution in [0, 0.1) is 0 Å². The largest absolute Gasteiger partial charge is 0.446 e. The SMILES string of the molecule is CC(C)OC(=O)N1CC2(CCNCC2)c2ccccc21. The Bertz CT molecular complexity index is 507. The van der Waals surface area contributed by atoms with Crippen molar-refractivity contribution < 1.29 is 9.53 Å². The van der Waals surface area contributed by atoms with E-state index in [0.717, 1.165) is 38.2 Å². The molecule has 2 aliphatic heterocycles. The zero-order valence-electron chi connectivity index (χ0n) is 12.2. The van der Waals surface area contributed by atoms with Crippen LogP contribution in [0.15, 0.2) is 24.3 Å². The molecule has 1 fully saturated rings. The van der Waals surface area contributed by atoms with E-state index in [1.807, 2.05) is 30.9 Å². The fourth-order valence-corrected chi connectivity index (χ4v) is 3.39. The van der Waals surface area contributed by atoms with Gasteiger partial charge in [-0.15, -0.1) is 0 Å². The van der Waals surface area contributed by atoms with Crippen molar-refractivity contribution in [2.75, 3.05) is 24.5 Å². The summed E-state index contributed by atoms with van der Waals surface area (Å²) < 4.78 is 5.40. The van der Waals surface area contributed by atoms with Gasteiger partial charge in [-0.2, -0.15) is 0 Å². The van der Waals surface area contributed by atoms with Crippen LogP contribution in [0.5, 0.6) is 0 Å². The number of para-hydroxylation sites is 1. The maximum absolute atomic E-state index is 12.3. The summed E-state index contributed by atoms with van der Waals surface area (Å²) in [5, 5.41) is 3.41. The van der Waals surface area contributed by atoms with Gasteiger partial charge in [-0.25, -0.2) is 4.79 Å². The van der Waals surface area contributed by atoms with Gasteiger partial charge in [-0.05, 0) is 51.4 Å². The Hall–Kier alpha value is -1.55. The van der Waals surface area contributed by atoms with Crippen LogP contribution in [0.2, 0.25) is 0 Å². The molecule has 1 aromatic carbocycles. The number of nitrogens with one attached hydrogen (secondary N) is 1. The van der Waals surface area contributed by atoms with Crippen LogP contribution in [-0.4, -0.2) is 31.8 Å². The molecule has 3 rings (SSSR count). The number of ether oxygens (including phenoxy) is 1. The Balaban J connectivity index is 1.94. The smallest absolute Gasteiger partial charge is 0.414 e. The predicted octanol–water partition coefficient (Wildman–Crippen LogP) is 2.67. The van der Waals surface area contributed by atoms with Crippen molar-refractivity contribution >= 4 is 11.8 Å². The summed E-state index contributed by atoms with van der Waals surface area (Å²) in [7, 11) is 0. The van der Waals surface area contributed by atoms with Crippen LogP contribution in [0.25, 0.3) is 0 Å². The number of fused-ring (bicyclic) bond motifs is 2. The second-order valence-corrected chi connectivity index (χ2v) is 6.07. The lowest BCUT2D eigenvalue weighted by Gasteiger charge is -2.34. The van der Waals surface area contributed by atoms with Gasteiger partial charge in [0.15, 0.2) is 0 Å². The first-order valence-electron chi connectivity index (χ1n) is 7.41. The molecule has 0 aromatic heterocycles. The molecular formula is C16H22N2O2. The standard InChI is InChI=1S/C16H22N2O2/c1-12(2)20-15(19)18-11-16(7-9-17-10-8-16)13-5-3-4-6-14(13)18/h3-6,12,17H,7-11H2,1-2H3. The normalized spacial score (nSPS) is 20.2. The van der Waals surface area contributed by atoms with Crippen molar-refractivity contribution in [3.05, 3.63) is 29.8 Å². The van der Waals surface area contributed by atoms with Crippen molar-refractivity contribution in [3.8, 4) is 0 Å². The molecule has 20 heavy (non-hydrogen) atoms. The first kappa shape index (κ1) is 13.4. The second-order valence-electron chi connectivity index (χ2n) is 6.07. The van der Waals surface area contributed by atoms with E-state index in [2.05, 4.69) is 17.4 Å². The number of benzene rings is 1. The number of carbonyl (C=O) groups is 1. The highest BCUT2D eigenvalue weighted by molar-refractivity contribution is 5.91. The van der Waals surface area contributed by atoms with Gasteiger partial charge in [0.1, 0.15) is 0 Å². The van der Waals surface area contributed by atoms with Crippen molar-refractivity contribution in [1.29, 1.82) is 0 Å². The van der Waals surface area contributed by atoms with E-state index in [-0.39, 0.29) is 17.6 Å². The zero-order valence-corrected chi connectivity index (χ0v) is 12.2. The molecule has 1 N–H and O–H groups in total. The summed E-state index contributed by atoms with van der Waals surface area (Å²) in [6.45, 7) is 6.56. The minimum absolute atomic E-state index is 0.0840. The molecule has 2 aliphatic rings. The van der Waals surface area contributed by atoms with E-state index in [0.29, 0.717) is 0 Å². The van der Waals surface area contributed by atoms with Crippen molar-refractivity contribution in [2.45, 2.75) is 38.2 Å². The fraction of sp³-hybridized carbons (Fsp3) is 0.562. The minimum Gasteiger partial charge on any atom is -0.446 e. The lowest BCUT2D eigenvalue weighted by molar-refractivity contribution is 0.121. The van der Waals surface area contributed by atoms with Gasteiger partial charge >= 0.3 is 6.09 Å². The number of piperidine rings is 1. The van der Waals surface area contributed by atoms with Crippen LogP contribution >= 0.6 is 0 Å². The zero-order chi connectivity index (χ0) is 14.2. The maximum Gasteiger partial charge on any atom is 0.414 e. The lowest BCUT2D eigenvalue weighted by Crippen LogP contribution is -2.44. The van der Waals surface area contributed by atoms with Crippen molar-refractivity contribution in [1.82, 2.24) is 5.32 Å². The Kier molecular flexibility index (Phi) is 3.42. The van der Waals surface area contributed by atoms with E-state index >= 15 is 0 Å². The molecule has 0 unspecified atom stereocenters. The first-order valence-corrected chi connectivity index (χ1v) is 7.41. The molecule has 4 nitrogen and oxygen atoms in total. The molecule has 1 amide bonds. The van der Waals surface area contributed by atoms with Gasteiger partial charge < -0.3 is 10.1 Å². The summed E-state index contributed by atoms with van der Waals surface area (Å²) in [6.07, 6.45) is 1.85. The summed E-state index contributed by atoms with van der Waals surface area (Å²) in [4.78, 5) is 14.2. The van der Waals surface area contributed by atoms with Gasteiger partial charge in [0.2, 0.25) is 0 Å². The molecule has 4 heteroatoms. The van der Waals surface area contributed by atoms with Crippen LogP contribution in [0.1, 0.15) is 32.3 Å². The summed E-state index contributed by atoms with van der Waals surface area (Å²) in [6, 6.07) is 8.27. The molecule has 0 aliphatic carbocycles.